The Morgan fingerprint density at radius 2 is 1.52 bits per heavy atom. The molecule has 0 N–H and O–H groups in total. The summed E-state index contributed by atoms with van der Waals surface area (Å²) < 4.78 is 0. The lowest BCUT2D eigenvalue weighted by atomic mass is 9.54. The third kappa shape index (κ3) is 1.94. The number of pyridine rings is 1. The van der Waals surface area contributed by atoms with Crippen LogP contribution in [0.25, 0.3) is 17.0 Å². The Labute approximate surface area is 126 Å². The molecule has 4 fully saturated rings. The number of fused-ring (bicyclic) bond motifs is 1. The van der Waals surface area contributed by atoms with Crippen LogP contribution in [0.1, 0.15) is 37.8 Å². The van der Waals surface area contributed by atoms with Gasteiger partial charge in [0.15, 0.2) is 0 Å². The summed E-state index contributed by atoms with van der Waals surface area (Å²) in [5.41, 5.74) is 4.01. The number of para-hydroxylation sites is 1. The third-order valence-corrected chi connectivity index (χ3v) is 6.02. The van der Waals surface area contributed by atoms with Gasteiger partial charge in [-0.2, -0.15) is 0 Å². The van der Waals surface area contributed by atoms with Crippen molar-refractivity contribution in [3.8, 4) is 0 Å². The molecule has 1 nitrogen and oxygen atoms in total. The van der Waals surface area contributed by atoms with E-state index in [1.807, 2.05) is 0 Å². The summed E-state index contributed by atoms with van der Waals surface area (Å²) in [4.78, 5) is 4.85. The van der Waals surface area contributed by atoms with E-state index in [0.717, 1.165) is 34.9 Å². The Morgan fingerprint density at radius 1 is 0.810 bits per heavy atom. The Balaban J connectivity index is 1.54. The highest BCUT2D eigenvalue weighted by molar-refractivity contribution is 5.79. The Bertz CT molecular complexity index is 697. The van der Waals surface area contributed by atoms with Gasteiger partial charge in [0.05, 0.1) is 11.2 Å². The van der Waals surface area contributed by atoms with Crippen LogP contribution in [0, 0.1) is 23.7 Å². The summed E-state index contributed by atoms with van der Waals surface area (Å²) in [5, 5.41) is 1.24. The fraction of sp³-hybridized carbons (Fsp3) is 0.450. The first-order chi connectivity index (χ1) is 10.3. The van der Waals surface area contributed by atoms with Crippen LogP contribution in [0.5, 0.6) is 0 Å². The maximum absolute atomic E-state index is 4.85. The van der Waals surface area contributed by atoms with E-state index in [2.05, 4.69) is 42.5 Å². The van der Waals surface area contributed by atoms with Crippen molar-refractivity contribution in [1.29, 1.82) is 0 Å². The molecule has 21 heavy (non-hydrogen) atoms. The van der Waals surface area contributed by atoms with E-state index in [9.17, 15) is 0 Å². The monoisotopic (exact) mass is 275 g/mol. The number of rotatable bonds is 1. The lowest BCUT2D eigenvalue weighted by Crippen LogP contribution is -2.40. The molecular weight excluding hydrogens is 254 g/mol. The largest absolute Gasteiger partial charge is 0.248 e. The second kappa shape index (κ2) is 4.43. The van der Waals surface area contributed by atoms with Crippen LogP contribution in [-0.4, -0.2) is 4.98 Å². The molecule has 0 aliphatic heterocycles. The maximum atomic E-state index is 4.85. The molecule has 0 spiro atoms. The van der Waals surface area contributed by atoms with Gasteiger partial charge in [0.25, 0.3) is 0 Å². The summed E-state index contributed by atoms with van der Waals surface area (Å²) in [6.45, 7) is 0. The quantitative estimate of drug-likeness (QED) is 0.707. The summed E-state index contributed by atoms with van der Waals surface area (Å²) in [7, 11) is 0. The first-order valence-corrected chi connectivity index (χ1v) is 8.42. The zero-order chi connectivity index (χ0) is 13.8. The molecule has 4 bridgehead atoms. The van der Waals surface area contributed by atoms with Gasteiger partial charge >= 0.3 is 0 Å². The van der Waals surface area contributed by atoms with Crippen molar-refractivity contribution in [3.05, 3.63) is 47.7 Å². The molecule has 106 valence electrons. The molecule has 4 aliphatic carbocycles. The highest BCUT2D eigenvalue weighted by Gasteiger charge is 2.44. The summed E-state index contributed by atoms with van der Waals surface area (Å²) in [6, 6.07) is 12.8. The van der Waals surface area contributed by atoms with E-state index in [-0.39, 0.29) is 0 Å². The first-order valence-electron chi connectivity index (χ1n) is 8.42. The molecule has 0 radical (unpaired) electrons. The number of benzene rings is 1. The Morgan fingerprint density at radius 3 is 2.29 bits per heavy atom. The zero-order valence-corrected chi connectivity index (χ0v) is 12.3. The SMILES string of the molecule is C(=C1C2CC3CC(C2)CC1C3)c1ccc2ccccc2n1. The molecule has 0 amide bonds. The maximum Gasteiger partial charge on any atom is 0.0709 e. The zero-order valence-electron chi connectivity index (χ0n) is 12.3. The van der Waals surface area contributed by atoms with Crippen LogP contribution in [-0.2, 0) is 0 Å². The number of hydrogen-bond acceptors (Lipinski definition) is 1. The summed E-state index contributed by atoms with van der Waals surface area (Å²) >= 11 is 0. The standard InChI is InChI=1S/C20H21N/c1-2-4-20-15(3-1)5-6-18(21-20)12-19-16-8-13-7-14(10-16)11-17(19)9-13/h1-6,12-14,16-17H,7-11H2. The normalized spacial score (nSPS) is 33.6. The Hall–Kier alpha value is -1.63. The van der Waals surface area contributed by atoms with Gasteiger partial charge in [0.1, 0.15) is 0 Å². The van der Waals surface area contributed by atoms with Crippen molar-refractivity contribution in [2.45, 2.75) is 32.1 Å². The highest BCUT2D eigenvalue weighted by atomic mass is 14.7. The van der Waals surface area contributed by atoms with Gasteiger partial charge in [-0.25, -0.2) is 4.98 Å². The van der Waals surface area contributed by atoms with Crippen LogP contribution < -0.4 is 0 Å². The average molecular weight is 275 g/mol. The van der Waals surface area contributed by atoms with Gasteiger partial charge in [-0.3, -0.25) is 0 Å². The second-order valence-corrected chi connectivity index (χ2v) is 7.38. The van der Waals surface area contributed by atoms with Crippen molar-refractivity contribution in [3.63, 3.8) is 0 Å². The molecule has 4 aliphatic rings. The molecule has 0 unspecified atom stereocenters. The minimum atomic E-state index is 0.870. The predicted molar refractivity (Wildman–Crippen MR) is 86.8 cm³/mol. The molecule has 1 aromatic heterocycles. The highest BCUT2D eigenvalue weighted by Crippen LogP contribution is 2.56. The van der Waals surface area contributed by atoms with Crippen LogP contribution in [0.3, 0.4) is 0 Å². The van der Waals surface area contributed by atoms with Crippen molar-refractivity contribution in [2.75, 3.05) is 0 Å². The predicted octanol–water partition coefficient (Wildman–Crippen LogP) is 5.07. The molecule has 4 saturated carbocycles. The van der Waals surface area contributed by atoms with Crippen molar-refractivity contribution in [2.24, 2.45) is 23.7 Å². The van der Waals surface area contributed by atoms with Crippen LogP contribution in [0.4, 0.5) is 0 Å². The van der Waals surface area contributed by atoms with E-state index in [4.69, 9.17) is 4.98 Å². The number of nitrogens with zero attached hydrogens (tertiary/aromatic N) is 1. The van der Waals surface area contributed by atoms with Crippen LogP contribution in [0.15, 0.2) is 42.0 Å². The van der Waals surface area contributed by atoms with E-state index < -0.39 is 0 Å². The van der Waals surface area contributed by atoms with E-state index in [0.29, 0.717) is 0 Å². The van der Waals surface area contributed by atoms with E-state index in [1.165, 1.54) is 37.5 Å². The molecule has 0 atom stereocenters. The summed E-state index contributed by atoms with van der Waals surface area (Å²) in [5.74, 6) is 3.81. The van der Waals surface area contributed by atoms with Crippen molar-refractivity contribution < 1.29 is 0 Å². The van der Waals surface area contributed by atoms with Crippen LogP contribution >= 0.6 is 0 Å². The second-order valence-electron chi connectivity index (χ2n) is 7.38. The fourth-order valence-corrected chi connectivity index (χ4v) is 5.30. The minimum absolute atomic E-state index is 0.870. The van der Waals surface area contributed by atoms with Crippen molar-refractivity contribution >= 4 is 17.0 Å². The lowest BCUT2D eigenvalue weighted by Gasteiger charge is -2.51. The lowest BCUT2D eigenvalue weighted by molar-refractivity contribution is 0.0710. The average Bonchev–Trinajstić information content (AvgIpc) is 2.50. The number of aromatic nitrogens is 1. The van der Waals surface area contributed by atoms with Crippen molar-refractivity contribution in [1.82, 2.24) is 4.98 Å². The molecule has 0 saturated heterocycles. The molecule has 1 heteroatoms. The number of hydrogen-bond donors (Lipinski definition) is 0. The smallest absolute Gasteiger partial charge is 0.0709 e. The summed E-state index contributed by atoms with van der Waals surface area (Å²) in [6.07, 6.45) is 9.76. The van der Waals surface area contributed by atoms with Gasteiger partial charge in [0, 0.05) is 5.39 Å². The molecular formula is C20H21N. The van der Waals surface area contributed by atoms with E-state index in [1.54, 1.807) is 5.57 Å². The minimum Gasteiger partial charge on any atom is -0.248 e. The van der Waals surface area contributed by atoms with Gasteiger partial charge in [-0.15, -0.1) is 0 Å². The van der Waals surface area contributed by atoms with Gasteiger partial charge in [-0.05, 0) is 74.0 Å². The molecule has 1 aromatic carbocycles. The third-order valence-electron chi connectivity index (χ3n) is 6.02. The van der Waals surface area contributed by atoms with Gasteiger partial charge in [-0.1, -0.05) is 29.8 Å². The molecule has 1 heterocycles. The Kier molecular flexibility index (Phi) is 2.52. The van der Waals surface area contributed by atoms with Gasteiger partial charge < -0.3 is 0 Å². The topological polar surface area (TPSA) is 12.9 Å². The number of allylic oxidation sites excluding steroid dienone is 1. The van der Waals surface area contributed by atoms with Gasteiger partial charge in [0.2, 0.25) is 0 Å². The van der Waals surface area contributed by atoms with Crippen LogP contribution in [0.2, 0.25) is 0 Å². The molecule has 6 rings (SSSR count). The van der Waals surface area contributed by atoms with E-state index >= 15 is 0 Å². The fourth-order valence-electron chi connectivity index (χ4n) is 5.30. The molecule has 2 aromatic rings. The first kappa shape index (κ1) is 12.0.